The molecule has 1 aliphatic rings. The number of hydrogen-bond acceptors (Lipinski definition) is 6. The van der Waals surface area contributed by atoms with Crippen molar-refractivity contribution in [2.45, 2.75) is 25.4 Å². The van der Waals surface area contributed by atoms with Crippen LogP contribution in [0.3, 0.4) is 0 Å². The Balaban J connectivity index is 1.98. The van der Waals surface area contributed by atoms with Gasteiger partial charge in [0.25, 0.3) is 0 Å². The summed E-state index contributed by atoms with van der Waals surface area (Å²) >= 11 is 0. The summed E-state index contributed by atoms with van der Waals surface area (Å²) in [6, 6.07) is 5.38. The Morgan fingerprint density at radius 1 is 1.62 bits per heavy atom. The predicted octanol–water partition coefficient (Wildman–Crippen LogP) is 1.78. The molecule has 1 heterocycles. The van der Waals surface area contributed by atoms with E-state index in [4.69, 9.17) is 9.47 Å². The van der Waals surface area contributed by atoms with Crippen LogP contribution in [0.4, 0.5) is 11.4 Å². The van der Waals surface area contributed by atoms with Crippen LogP contribution < -0.4 is 15.4 Å². The molecular weight excluding hydrogens is 274 g/mol. The van der Waals surface area contributed by atoms with Crippen molar-refractivity contribution in [1.29, 1.82) is 0 Å². The molecule has 7 heteroatoms. The molecule has 0 amide bonds. The third-order valence-electron chi connectivity index (χ3n) is 3.43. The summed E-state index contributed by atoms with van der Waals surface area (Å²) in [6.07, 6.45) is 0.889. The van der Waals surface area contributed by atoms with Crippen molar-refractivity contribution in [1.82, 2.24) is 5.32 Å². The minimum Gasteiger partial charge on any atom is -0.490 e. The molecule has 2 unspecified atom stereocenters. The number of anilines is 1. The summed E-state index contributed by atoms with van der Waals surface area (Å²) < 4.78 is 10.4. The monoisotopic (exact) mass is 295 g/mol. The molecule has 1 fully saturated rings. The smallest absolute Gasteiger partial charge is 0.312 e. The summed E-state index contributed by atoms with van der Waals surface area (Å²) in [4.78, 5) is 10.6. The van der Waals surface area contributed by atoms with E-state index in [-0.39, 0.29) is 17.5 Å². The van der Waals surface area contributed by atoms with E-state index in [1.807, 2.05) is 6.92 Å². The van der Waals surface area contributed by atoms with Crippen LogP contribution in [-0.2, 0) is 4.74 Å². The van der Waals surface area contributed by atoms with Gasteiger partial charge in [-0.25, -0.2) is 0 Å². The highest BCUT2D eigenvalue weighted by Crippen LogP contribution is 2.30. The summed E-state index contributed by atoms with van der Waals surface area (Å²) in [5.41, 5.74) is 0.681. The summed E-state index contributed by atoms with van der Waals surface area (Å²) in [7, 11) is 1.42. The fourth-order valence-corrected chi connectivity index (χ4v) is 2.46. The second kappa shape index (κ2) is 7.24. The standard InChI is InChI=1S/C14H21N3O4/c1-10(7-12-9-21-6-5-15-12)16-11-3-4-14(20-2)13(8-11)17(18)19/h3-4,8,10,12,15-16H,5-7,9H2,1-2H3. The lowest BCUT2D eigenvalue weighted by molar-refractivity contribution is -0.385. The fraction of sp³-hybridized carbons (Fsp3) is 0.571. The molecule has 7 nitrogen and oxygen atoms in total. The molecule has 1 saturated heterocycles. The molecular formula is C14H21N3O4. The Morgan fingerprint density at radius 2 is 2.43 bits per heavy atom. The van der Waals surface area contributed by atoms with E-state index in [0.717, 1.165) is 19.6 Å². The Hall–Kier alpha value is -1.86. The molecule has 0 saturated carbocycles. The lowest BCUT2D eigenvalue weighted by Gasteiger charge is -2.27. The Bertz CT molecular complexity index is 489. The first kappa shape index (κ1) is 15.5. The number of nitrogens with one attached hydrogen (secondary N) is 2. The van der Waals surface area contributed by atoms with Gasteiger partial charge in [-0.15, -0.1) is 0 Å². The molecule has 1 aromatic rings. The number of rotatable bonds is 6. The van der Waals surface area contributed by atoms with Crippen LogP contribution in [0.15, 0.2) is 18.2 Å². The number of nitro groups is 1. The minimum atomic E-state index is -0.439. The lowest BCUT2D eigenvalue weighted by Crippen LogP contribution is -2.43. The van der Waals surface area contributed by atoms with Gasteiger partial charge < -0.3 is 20.1 Å². The van der Waals surface area contributed by atoms with E-state index in [9.17, 15) is 10.1 Å². The minimum absolute atomic E-state index is 0.0335. The van der Waals surface area contributed by atoms with E-state index in [2.05, 4.69) is 10.6 Å². The summed E-state index contributed by atoms with van der Waals surface area (Å²) in [6.45, 7) is 4.37. The van der Waals surface area contributed by atoms with E-state index in [0.29, 0.717) is 18.3 Å². The SMILES string of the molecule is COc1ccc(NC(C)CC2COCCN2)cc1[N+](=O)[O-]. The summed E-state index contributed by atoms with van der Waals surface area (Å²) in [5.74, 6) is 0.264. The number of methoxy groups -OCH3 is 1. The van der Waals surface area contributed by atoms with Gasteiger partial charge in [0.15, 0.2) is 5.75 Å². The van der Waals surface area contributed by atoms with Crippen LogP contribution >= 0.6 is 0 Å². The number of nitro benzene ring substituents is 1. The van der Waals surface area contributed by atoms with Gasteiger partial charge in [-0.3, -0.25) is 10.1 Å². The fourth-order valence-electron chi connectivity index (χ4n) is 2.46. The number of ether oxygens (including phenoxy) is 2. The van der Waals surface area contributed by atoms with Crippen LogP contribution in [-0.4, -0.2) is 43.9 Å². The maximum Gasteiger partial charge on any atom is 0.312 e. The molecule has 21 heavy (non-hydrogen) atoms. The van der Waals surface area contributed by atoms with Crippen LogP contribution in [0.5, 0.6) is 5.75 Å². The zero-order valence-electron chi connectivity index (χ0n) is 12.3. The maximum atomic E-state index is 11.0. The molecule has 1 aromatic carbocycles. The lowest BCUT2D eigenvalue weighted by atomic mass is 10.1. The van der Waals surface area contributed by atoms with Gasteiger partial charge in [0, 0.05) is 30.4 Å². The van der Waals surface area contributed by atoms with E-state index < -0.39 is 4.92 Å². The van der Waals surface area contributed by atoms with E-state index in [1.54, 1.807) is 12.1 Å². The predicted molar refractivity (Wildman–Crippen MR) is 80.0 cm³/mol. The number of nitrogens with zero attached hydrogens (tertiary/aromatic N) is 1. The van der Waals surface area contributed by atoms with Crippen LogP contribution in [0.25, 0.3) is 0 Å². The van der Waals surface area contributed by atoms with Crippen molar-refractivity contribution >= 4 is 11.4 Å². The normalized spacial score (nSPS) is 19.8. The molecule has 0 bridgehead atoms. The zero-order valence-corrected chi connectivity index (χ0v) is 12.3. The number of morpholine rings is 1. The van der Waals surface area contributed by atoms with Gasteiger partial charge in [0.1, 0.15) is 0 Å². The maximum absolute atomic E-state index is 11.0. The van der Waals surface area contributed by atoms with Crippen molar-refractivity contribution in [3.63, 3.8) is 0 Å². The third-order valence-corrected chi connectivity index (χ3v) is 3.43. The Morgan fingerprint density at radius 3 is 3.05 bits per heavy atom. The number of hydrogen-bond donors (Lipinski definition) is 2. The quantitative estimate of drug-likeness (QED) is 0.614. The average Bonchev–Trinajstić information content (AvgIpc) is 2.48. The van der Waals surface area contributed by atoms with Gasteiger partial charge in [-0.1, -0.05) is 0 Å². The van der Waals surface area contributed by atoms with Crippen molar-refractivity contribution in [2.75, 3.05) is 32.2 Å². The zero-order chi connectivity index (χ0) is 15.2. The molecule has 0 radical (unpaired) electrons. The molecule has 2 atom stereocenters. The molecule has 0 aromatic heterocycles. The van der Waals surface area contributed by atoms with Crippen LogP contribution in [0.2, 0.25) is 0 Å². The molecule has 0 spiro atoms. The van der Waals surface area contributed by atoms with Gasteiger partial charge >= 0.3 is 5.69 Å². The molecule has 116 valence electrons. The number of benzene rings is 1. The first-order chi connectivity index (χ1) is 10.1. The first-order valence-electron chi connectivity index (χ1n) is 7.00. The van der Waals surface area contributed by atoms with Gasteiger partial charge in [0.05, 0.1) is 25.2 Å². The Labute approximate surface area is 123 Å². The molecule has 2 N–H and O–H groups in total. The molecule has 2 rings (SSSR count). The van der Waals surface area contributed by atoms with Crippen molar-refractivity contribution in [3.8, 4) is 5.75 Å². The topological polar surface area (TPSA) is 85.7 Å². The highest BCUT2D eigenvalue weighted by Gasteiger charge is 2.18. The molecule has 1 aliphatic heterocycles. The first-order valence-corrected chi connectivity index (χ1v) is 7.00. The van der Waals surface area contributed by atoms with Crippen molar-refractivity contribution < 1.29 is 14.4 Å². The van der Waals surface area contributed by atoms with Gasteiger partial charge in [0.2, 0.25) is 0 Å². The second-order valence-corrected chi connectivity index (χ2v) is 5.15. The molecule has 0 aliphatic carbocycles. The second-order valence-electron chi connectivity index (χ2n) is 5.15. The van der Waals surface area contributed by atoms with Crippen LogP contribution in [0, 0.1) is 10.1 Å². The van der Waals surface area contributed by atoms with E-state index in [1.165, 1.54) is 13.2 Å². The van der Waals surface area contributed by atoms with Crippen molar-refractivity contribution in [3.05, 3.63) is 28.3 Å². The highest BCUT2D eigenvalue weighted by atomic mass is 16.6. The third kappa shape index (κ3) is 4.30. The van der Waals surface area contributed by atoms with Gasteiger partial charge in [-0.2, -0.15) is 0 Å². The highest BCUT2D eigenvalue weighted by molar-refractivity contribution is 5.58. The summed E-state index contributed by atoms with van der Waals surface area (Å²) in [5, 5.41) is 17.7. The van der Waals surface area contributed by atoms with Crippen LogP contribution in [0.1, 0.15) is 13.3 Å². The van der Waals surface area contributed by atoms with Gasteiger partial charge in [-0.05, 0) is 25.5 Å². The van der Waals surface area contributed by atoms with E-state index >= 15 is 0 Å². The Kier molecular flexibility index (Phi) is 5.35. The largest absolute Gasteiger partial charge is 0.490 e. The van der Waals surface area contributed by atoms with Crippen molar-refractivity contribution in [2.24, 2.45) is 0 Å². The average molecular weight is 295 g/mol.